The zero-order valence-corrected chi connectivity index (χ0v) is 14.6. The molecular formula is C14H15F3N4O4S. The lowest BCUT2D eigenvalue weighted by molar-refractivity contribution is -0.137. The van der Waals surface area contributed by atoms with Gasteiger partial charge in [-0.3, -0.25) is 0 Å². The van der Waals surface area contributed by atoms with Crippen LogP contribution in [0.15, 0.2) is 35.7 Å². The average Bonchev–Trinajstić information content (AvgIpc) is 3.06. The lowest BCUT2D eigenvalue weighted by atomic mass is 10.2. The Labute approximate surface area is 147 Å². The number of aromatic nitrogens is 3. The molecule has 0 fully saturated rings. The summed E-state index contributed by atoms with van der Waals surface area (Å²) in [6, 6.07) is 2.51. The minimum Gasteiger partial charge on any atom is -0.377 e. The molecule has 1 aromatic heterocycles. The van der Waals surface area contributed by atoms with E-state index in [1.54, 1.807) is 13.8 Å². The summed E-state index contributed by atoms with van der Waals surface area (Å²) >= 11 is 0. The first-order chi connectivity index (χ1) is 12.1. The van der Waals surface area contributed by atoms with Crippen LogP contribution in [0.4, 0.5) is 18.0 Å². The fourth-order valence-electron chi connectivity index (χ4n) is 1.96. The van der Waals surface area contributed by atoms with E-state index in [1.165, 1.54) is 4.90 Å². The first-order valence-corrected chi connectivity index (χ1v) is 8.82. The lowest BCUT2D eigenvalue weighted by Gasteiger charge is -2.17. The van der Waals surface area contributed by atoms with Gasteiger partial charge in [0.05, 0.1) is 5.56 Å². The van der Waals surface area contributed by atoms with Crippen LogP contribution >= 0.6 is 0 Å². The van der Waals surface area contributed by atoms with E-state index < -0.39 is 33.0 Å². The molecule has 0 bridgehead atoms. The maximum Gasteiger partial charge on any atom is 0.416 e. The van der Waals surface area contributed by atoms with Gasteiger partial charge < -0.3 is 9.08 Å². The minimum absolute atomic E-state index is 0.343. The summed E-state index contributed by atoms with van der Waals surface area (Å²) < 4.78 is 67.2. The van der Waals surface area contributed by atoms with Crippen LogP contribution in [0.5, 0.6) is 5.75 Å². The molecule has 2 aromatic rings. The van der Waals surface area contributed by atoms with Crippen molar-refractivity contribution in [3.8, 4) is 5.75 Å². The van der Waals surface area contributed by atoms with E-state index in [9.17, 15) is 26.4 Å². The van der Waals surface area contributed by atoms with Crippen molar-refractivity contribution in [3.63, 3.8) is 0 Å². The summed E-state index contributed by atoms with van der Waals surface area (Å²) in [7, 11) is -4.51. The summed E-state index contributed by atoms with van der Waals surface area (Å²) in [6.07, 6.45) is -3.63. The van der Waals surface area contributed by atoms with Crippen molar-refractivity contribution in [1.29, 1.82) is 0 Å². The summed E-state index contributed by atoms with van der Waals surface area (Å²) in [5.74, 6) is -0.343. The van der Waals surface area contributed by atoms with Crippen LogP contribution in [-0.2, 0) is 16.3 Å². The fourth-order valence-corrected chi connectivity index (χ4v) is 2.76. The smallest absolute Gasteiger partial charge is 0.377 e. The van der Waals surface area contributed by atoms with E-state index in [4.69, 9.17) is 4.18 Å². The number of carbonyl (C=O) groups is 1. The molecule has 1 amide bonds. The highest BCUT2D eigenvalue weighted by Crippen LogP contribution is 2.30. The first-order valence-electron chi connectivity index (χ1n) is 7.41. The summed E-state index contributed by atoms with van der Waals surface area (Å²) in [5, 5.41) is 2.79. The predicted octanol–water partition coefficient (Wildman–Crippen LogP) is 2.37. The van der Waals surface area contributed by atoms with Gasteiger partial charge in [-0.25, -0.2) is 9.78 Å². The van der Waals surface area contributed by atoms with Crippen LogP contribution in [-0.4, -0.2) is 47.2 Å². The Morgan fingerprint density at radius 3 is 2.27 bits per heavy atom. The third-order valence-corrected chi connectivity index (χ3v) is 4.36. The molecule has 0 aliphatic rings. The van der Waals surface area contributed by atoms with E-state index in [0.717, 1.165) is 23.1 Å². The number of amides is 1. The van der Waals surface area contributed by atoms with Crippen LogP contribution in [0.3, 0.4) is 0 Å². The molecule has 0 radical (unpaired) electrons. The van der Waals surface area contributed by atoms with Gasteiger partial charge in [-0.15, -0.1) is 5.10 Å². The van der Waals surface area contributed by atoms with Crippen molar-refractivity contribution in [2.45, 2.75) is 25.2 Å². The molecule has 0 atom stereocenters. The number of hydrogen-bond acceptors (Lipinski definition) is 6. The molecule has 142 valence electrons. The van der Waals surface area contributed by atoms with Crippen molar-refractivity contribution in [1.82, 2.24) is 19.7 Å². The van der Waals surface area contributed by atoms with Crippen LogP contribution < -0.4 is 4.18 Å². The second-order valence-corrected chi connectivity index (χ2v) is 6.43. The van der Waals surface area contributed by atoms with E-state index in [-0.39, 0.29) is 5.75 Å². The summed E-state index contributed by atoms with van der Waals surface area (Å²) in [5.41, 5.74) is -0.950. The highest BCUT2D eigenvalue weighted by Gasteiger charge is 2.30. The van der Waals surface area contributed by atoms with Gasteiger partial charge >= 0.3 is 27.5 Å². The standard InChI is InChI=1S/C14H15F3N4O4S/c1-3-20(4-2)13(22)21-9-18-12(19-21)26(23,24)25-11-7-5-10(6-8-11)14(15,16)17/h5-9H,3-4H2,1-2H3. The van der Waals surface area contributed by atoms with Crippen LogP contribution in [0.25, 0.3) is 0 Å². The number of halogens is 3. The maximum atomic E-state index is 12.5. The molecule has 0 aliphatic carbocycles. The number of nitrogens with zero attached hydrogens (tertiary/aromatic N) is 4. The molecule has 26 heavy (non-hydrogen) atoms. The Morgan fingerprint density at radius 1 is 1.19 bits per heavy atom. The van der Waals surface area contributed by atoms with E-state index >= 15 is 0 Å². The Bertz CT molecular complexity index is 874. The zero-order valence-electron chi connectivity index (χ0n) is 13.8. The van der Waals surface area contributed by atoms with Crippen molar-refractivity contribution < 1.29 is 30.6 Å². The van der Waals surface area contributed by atoms with E-state index in [2.05, 4.69) is 10.1 Å². The van der Waals surface area contributed by atoms with E-state index in [0.29, 0.717) is 25.2 Å². The number of carbonyl (C=O) groups excluding carboxylic acids is 1. The largest absolute Gasteiger partial charge is 0.416 e. The lowest BCUT2D eigenvalue weighted by Crippen LogP contribution is -2.34. The molecule has 0 N–H and O–H groups in total. The molecule has 1 heterocycles. The van der Waals surface area contributed by atoms with Gasteiger partial charge in [0.1, 0.15) is 12.1 Å². The number of rotatable bonds is 5. The second kappa shape index (κ2) is 7.32. The Morgan fingerprint density at radius 2 is 1.77 bits per heavy atom. The number of hydrogen-bond donors (Lipinski definition) is 0. The van der Waals surface area contributed by atoms with Crippen LogP contribution in [0, 0.1) is 0 Å². The quantitative estimate of drug-likeness (QED) is 0.725. The molecule has 12 heteroatoms. The van der Waals surface area contributed by atoms with Gasteiger partial charge in [-0.2, -0.15) is 26.3 Å². The molecular weight excluding hydrogens is 377 g/mol. The molecule has 0 saturated carbocycles. The van der Waals surface area contributed by atoms with Gasteiger partial charge in [0.15, 0.2) is 0 Å². The highest BCUT2D eigenvalue weighted by molar-refractivity contribution is 7.86. The van der Waals surface area contributed by atoms with Crippen LogP contribution in [0.1, 0.15) is 19.4 Å². The Hall–Kier alpha value is -2.63. The fraction of sp³-hybridized carbons (Fsp3) is 0.357. The summed E-state index contributed by atoms with van der Waals surface area (Å²) in [4.78, 5) is 17.0. The Kier molecular flexibility index (Phi) is 5.54. The molecule has 8 nitrogen and oxygen atoms in total. The van der Waals surface area contributed by atoms with Gasteiger partial charge in [0.25, 0.3) is 0 Å². The van der Waals surface area contributed by atoms with Crippen LogP contribution in [0.2, 0.25) is 0 Å². The maximum absolute atomic E-state index is 12.5. The van der Waals surface area contributed by atoms with Gasteiger partial charge in [-0.05, 0) is 38.1 Å². The Balaban J connectivity index is 2.19. The topological polar surface area (TPSA) is 94.4 Å². The molecule has 0 aliphatic heterocycles. The predicted molar refractivity (Wildman–Crippen MR) is 83.0 cm³/mol. The first kappa shape index (κ1) is 19.7. The monoisotopic (exact) mass is 392 g/mol. The van der Waals surface area contributed by atoms with E-state index in [1.807, 2.05) is 0 Å². The van der Waals surface area contributed by atoms with Crippen molar-refractivity contribution in [3.05, 3.63) is 36.2 Å². The van der Waals surface area contributed by atoms with Gasteiger partial charge in [0, 0.05) is 13.1 Å². The SMILES string of the molecule is CCN(CC)C(=O)n1cnc(S(=O)(=O)Oc2ccc(C(F)(F)F)cc2)n1. The minimum atomic E-state index is -4.55. The third kappa shape index (κ3) is 4.31. The van der Waals surface area contributed by atoms with Crippen molar-refractivity contribution >= 4 is 16.1 Å². The second-order valence-electron chi connectivity index (χ2n) is 4.99. The molecule has 0 saturated heterocycles. The van der Waals surface area contributed by atoms with Gasteiger partial charge in [0.2, 0.25) is 0 Å². The molecule has 0 spiro atoms. The number of benzene rings is 1. The normalized spacial score (nSPS) is 12.0. The van der Waals surface area contributed by atoms with Crippen molar-refractivity contribution in [2.24, 2.45) is 0 Å². The van der Waals surface area contributed by atoms with Crippen molar-refractivity contribution in [2.75, 3.05) is 13.1 Å². The molecule has 2 rings (SSSR count). The number of alkyl halides is 3. The average molecular weight is 392 g/mol. The van der Waals surface area contributed by atoms with Gasteiger partial charge in [-0.1, -0.05) is 0 Å². The molecule has 1 aromatic carbocycles. The third-order valence-electron chi connectivity index (χ3n) is 3.31. The zero-order chi connectivity index (χ0) is 19.5. The highest BCUT2D eigenvalue weighted by atomic mass is 32.2. The summed E-state index contributed by atoms with van der Waals surface area (Å²) in [6.45, 7) is 4.26. The molecule has 0 unspecified atom stereocenters.